The van der Waals surface area contributed by atoms with Gasteiger partial charge in [-0.25, -0.2) is 9.97 Å². The van der Waals surface area contributed by atoms with Crippen LogP contribution in [-0.2, 0) is 0 Å². The predicted molar refractivity (Wildman–Crippen MR) is 74.9 cm³/mol. The van der Waals surface area contributed by atoms with Crippen molar-refractivity contribution in [3.63, 3.8) is 0 Å². The van der Waals surface area contributed by atoms with Crippen LogP contribution in [0.2, 0.25) is 0 Å². The Labute approximate surface area is 114 Å². The van der Waals surface area contributed by atoms with Crippen LogP contribution < -0.4 is 10.5 Å². The normalized spacial score (nSPS) is 10.4. The minimum absolute atomic E-state index is 0.129. The fourth-order valence-electron chi connectivity index (χ4n) is 1.78. The Morgan fingerprint density at radius 3 is 2.65 bits per heavy atom. The number of amidine groups is 1. The van der Waals surface area contributed by atoms with Gasteiger partial charge in [-0.3, -0.25) is 10.4 Å². The van der Waals surface area contributed by atoms with E-state index in [0.29, 0.717) is 17.3 Å². The van der Waals surface area contributed by atoms with Gasteiger partial charge < -0.3 is 10.5 Å². The Morgan fingerprint density at radius 2 is 1.90 bits per heavy atom. The van der Waals surface area contributed by atoms with Gasteiger partial charge in [0.1, 0.15) is 17.0 Å². The molecule has 0 saturated carbocycles. The average Bonchev–Trinajstić information content (AvgIpc) is 2.48. The smallest absolute Gasteiger partial charge is 0.237 e. The minimum atomic E-state index is -0.129. The molecule has 6 heteroatoms. The van der Waals surface area contributed by atoms with Crippen molar-refractivity contribution < 1.29 is 4.74 Å². The number of nitrogen functional groups attached to an aromatic ring is 1. The zero-order chi connectivity index (χ0) is 13.9. The van der Waals surface area contributed by atoms with Crippen LogP contribution in [0.4, 0.5) is 0 Å². The van der Waals surface area contributed by atoms with Crippen molar-refractivity contribution >= 4 is 16.7 Å². The molecule has 3 rings (SSSR count). The number of pyridine rings is 1. The Kier molecular flexibility index (Phi) is 2.96. The molecule has 2 heterocycles. The highest BCUT2D eigenvalue weighted by molar-refractivity contribution is 5.92. The molecule has 0 radical (unpaired) electrons. The summed E-state index contributed by atoms with van der Waals surface area (Å²) in [6, 6.07) is 9.49. The maximum absolute atomic E-state index is 7.26. The number of nitrogens with one attached hydrogen (secondary N) is 1. The summed E-state index contributed by atoms with van der Waals surface area (Å²) >= 11 is 0. The fraction of sp³-hybridized carbons (Fsp3) is 0. The van der Waals surface area contributed by atoms with E-state index in [9.17, 15) is 0 Å². The van der Waals surface area contributed by atoms with E-state index in [1.165, 1.54) is 12.4 Å². The largest absolute Gasteiger partial charge is 0.435 e. The number of para-hydroxylation sites is 1. The lowest BCUT2D eigenvalue weighted by molar-refractivity contribution is 0.464. The standard InChI is InChI=1S/C14H11N5O/c15-14(16)10-7-19-12(8-18-10)20-11-5-1-3-9-4-2-6-17-13(9)11/h1-8H,(H3,15,16). The Balaban J connectivity index is 1.95. The van der Waals surface area contributed by atoms with Gasteiger partial charge in [0.2, 0.25) is 5.88 Å². The summed E-state index contributed by atoms with van der Waals surface area (Å²) in [5, 5.41) is 8.24. The number of fused-ring (bicyclic) bond motifs is 1. The maximum Gasteiger partial charge on any atom is 0.237 e. The van der Waals surface area contributed by atoms with E-state index in [4.69, 9.17) is 15.9 Å². The average molecular weight is 265 g/mol. The summed E-state index contributed by atoms with van der Waals surface area (Å²) in [4.78, 5) is 12.4. The third-order valence-electron chi connectivity index (χ3n) is 2.71. The van der Waals surface area contributed by atoms with Gasteiger partial charge in [-0.05, 0) is 12.1 Å². The second-order valence-electron chi connectivity index (χ2n) is 4.09. The van der Waals surface area contributed by atoms with Crippen molar-refractivity contribution in [2.24, 2.45) is 5.73 Å². The van der Waals surface area contributed by atoms with E-state index >= 15 is 0 Å². The summed E-state index contributed by atoms with van der Waals surface area (Å²) in [5.74, 6) is 0.803. The Bertz CT molecular complexity index is 765. The van der Waals surface area contributed by atoms with Crippen molar-refractivity contribution in [2.45, 2.75) is 0 Å². The molecule has 0 unspecified atom stereocenters. The molecule has 0 bridgehead atoms. The van der Waals surface area contributed by atoms with Crippen LogP contribution in [-0.4, -0.2) is 20.8 Å². The van der Waals surface area contributed by atoms with Gasteiger partial charge in [0, 0.05) is 11.6 Å². The Morgan fingerprint density at radius 1 is 1.05 bits per heavy atom. The van der Waals surface area contributed by atoms with Gasteiger partial charge in [-0.15, -0.1) is 0 Å². The van der Waals surface area contributed by atoms with Crippen molar-refractivity contribution in [1.29, 1.82) is 5.41 Å². The molecule has 20 heavy (non-hydrogen) atoms. The molecule has 2 aromatic heterocycles. The van der Waals surface area contributed by atoms with Crippen molar-refractivity contribution in [1.82, 2.24) is 15.0 Å². The molecular formula is C14H11N5O. The second kappa shape index (κ2) is 4.93. The van der Waals surface area contributed by atoms with Gasteiger partial charge in [0.05, 0.1) is 12.4 Å². The predicted octanol–water partition coefficient (Wildman–Crippen LogP) is 2.10. The topological polar surface area (TPSA) is 97.8 Å². The zero-order valence-electron chi connectivity index (χ0n) is 10.4. The van der Waals surface area contributed by atoms with Crippen molar-refractivity contribution in [3.8, 4) is 11.6 Å². The van der Waals surface area contributed by atoms with Crippen molar-refractivity contribution in [3.05, 3.63) is 54.6 Å². The van der Waals surface area contributed by atoms with Crippen LogP contribution >= 0.6 is 0 Å². The van der Waals surface area contributed by atoms with Gasteiger partial charge >= 0.3 is 0 Å². The molecule has 0 atom stereocenters. The van der Waals surface area contributed by atoms with E-state index in [1.54, 1.807) is 6.20 Å². The number of nitrogens with two attached hydrogens (primary N) is 1. The summed E-state index contributed by atoms with van der Waals surface area (Å²) in [6.45, 7) is 0. The van der Waals surface area contributed by atoms with Crippen LogP contribution in [0.5, 0.6) is 11.6 Å². The van der Waals surface area contributed by atoms with Crippen LogP contribution in [0.25, 0.3) is 10.9 Å². The first-order valence-corrected chi connectivity index (χ1v) is 5.92. The highest BCUT2D eigenvalue weighted by Gasteiger charge is 2.06. The number of nitrogens with zero attached hydrogens (tertiary/aromatic N) is 3. The molecule has 1 aromatic carbocycles. The number of benzene rings is 1. The first-order chi connectivity index (χ1) is 9.74. The van der Waals surface area contributed by atoms with E-state index in [0.717, 1.165) is 10.9 Å². The maximum atomic E-state index is 7.26. The molecular weight excluding hydrogens is 254 g/mol. The molecule has 0 fully saturated rings. The molecule has 0 amide bonds. The van der Waals surface area contributed by atoms with E-state index in [2.05, 4.69) is 15.0 Å². The Hall–Kier alpha value is -3.02. The van der Waals surface area contributed by atoms with Crippen LogP contribution in [0.3, 0.4) is 0 Å². The zero-order valence-corrected chi connectivity index (χ0v) is 10.4. The van der Waals surface area contributed by atoms with Crippen LogP contribution in [0.15, 0.2) is 48.9 Å². The summed E-state index contributed by atoms with van der Waals surface area (Å²) < 4.78 is 5.68. The van der Waals surface area contributed by atoms with Crippen molar-refractivity contribution in [2.75, 3.05) is 0 Å². The quantitative estimate of drug-likeness (QED) is 0.558. The van der Waals surface area contributed by atoms with Gasteiger partial charge in [-0.2, -0.15) is 0 Å². The number of hydrogen-bond acceptors (Lipinski definition) is 5. The minimum Gasteiger partial charge on any atom is -0.435 e. The van der Waals surface area contributed by atoms with Crippen LogP contribution in [0.1, 0.15) is 5.69 Å². The SMILES string of the molecule is N=C(N)c1cnc(Oc2cccc3cccnc23)cn1. The third kappa shape index (κ3) is 2.26. The molecule has 0 aliphatic rings. The molecule has 98 valence electrons. The first-order valence-electron chi connectivity index (χ1n) is 5.92. The highest BCUT2D eigenvalue weighted by Crippen LogP contribution is 2.26. The van der Waals surface area contributed by atoms with E-state index < -0.39 is 0 Å². The number of ether oxygens (including phenoxy) is 1. The molecule has 0 spiro atoms. The lowest BCUT2D eigenvalue weighted by Crippen LogP contribution is -2.13. The number of aromatic nitrogens is 3. The van der Waals surface area contributed by atoms with Gasteiger partial charge in [0.25, 0.3) is 0 Å². The molecule has 0 saturated heterocycles. The molecule has 3 aromatic rings. The summed E-state index contributed by atoms with van der Waals surface area (Å²) in [7, 11) is 0. The number of rotatable bonds is 3. The fourth-order valence-corrected chi connectivity index (χ4v) is 1.78. The number of hydrogen-bond donors (Lipinski definition) is 2. The van der Waals surface area contributed by atoms with Crippen LogP contribution in [0, 0.1) is 5.41 Å². The second-order valence-corrected chi connectivity index (χ2v) is 4.09. The van der Waals surface area contributed by atoms with Gasteiger partial charge in [0.15, 0.2) is 5.75 Å². The van der Waals surface area contributed by atoms with Gasteiger partial charge in [-0.1, -0.05) is 18.2 Å². The van der Waals surface area contributed by atoms with E-state index in [1.807, 2.05) is 30.3 Å². The third-order valence-corrected chi connectivity index (χ3v) is 2.71. The van der Waals surface area contributed by atoms with E-state index in [-0.39, 0.29) is 5.84 Å². The lowest BCUT2D eigenvalue weighted by atomic mass is 10.2. The molecule has 3 N–H and O–H groups in total. The summed E-state index contributed by atoms with van der Waals surface area (Å²) in [5.41, 5.74) is 6.39. The monoisotopic (exact) mass is 265 g/mol. The highest BCUT2D eigenvalue weighted by atomic mass is 16.5. The first kappa shape index (κ1) is 12.0. The summed E-state index contributed by atoms with van der Waals surface area (Å²) in [6.07, 6.45) is 4.54. The molecule has 0 aliphatic heterocycles. The molecule has 0 aliphatic carbocycles. The molecule has 6 nitrogen and oxygen atoms in total. The lowest BCUT2D eigenvalue weighted by Gasteiger charge is -2.07.